The molecule has 0 radical (unpaired) electrons. The number of benzene rings is 4. The number of nitrogens with two attached hydrogens (primary N) is 2. The van der Waals surface area contributed by atoms with Crippen molar-refractivity contribution in [1.82, 2.24) is 39.1 Å². The van der Waals surface area contributed by atoms with Gasteiger partial charge in [0.1, 0.15) is 0 Å². The molecule has 0 saturated carbocycles. The number of carbonyl (C=O) groups is 6. The number of carbonyl (C=O) groups excluding carboxylic acids is 6. The van der Waals surface area contributed by atoms with Crippen LogP contribution in [0.4, 0.5) is 0 Å². The molecule has 0 aliphatic carbocycles. The number of ketones is 2. The molecule has 8 aromatic rings. The summed E-state index contributed by atoms with van der Waals surface area (Å²) in [5.41, 5.74) is 1.91. The van der Waals surface area contributed by atoms with E-state index in [2.05, 4.69) is 51.5 Å². The van der Waals surface area contributed by atoms with Crippen LogP contribution in [0.15, 0.2) is 132 Å². The second kappa shape index (κ2) is 30.1. The van der Waals surface area contributed by atoms with E-state index in [0.29, 0.717) is 82.0 Å². The summed E-state index contributed by atoms with van der Waals surface area (Å²) in [6, 6.07) is 32.9. The number of aromatic amines is 1. The summed E-state index contributed by atoms with van der Waals surface area (Å²) in [5, 5.41) is 26.2. The maximum Gasteiger partial charge on any atom is 0.295 e. The number of β-amino-alcohol motifs (C(OH)–C–C–N with tert-alkyl or cyclic N) is 2. The van der Waals surface area contributed by atoms with Crippen molar-refractivity contribution in [2.45, 2.75) is 105 Å². The highest BCUT2D eigenvalue weighted by atomic mass is 35.5. The van der Waals surface area contributed by atoms with Gasteiger partial charge < -0.3 is 40.6 Å². The van der Waals surface area contributed by atoms with Gasteiger partial charge in [-0.2, -0.15) is 0 Å². The molecule has 4 aromatic heterocycles. The fourth-order valence-electron chi connectivity index (χ4n) is 11.9. The molecule has 6 atom stereocenters. The van der Waals surface area contributed by atoms with Gasteiger partial charge in [0.2, 0.25) is 0 Å². The number of rotatable bonds is 13. The first-order valence-electron chi connectivity index (χ1n) is 29.3. The molecule has 0 unspecified atom stereocenters. The van der Waals surface area contributed by atoms with Gasteiger partial charge in [-0.25, -0.2) is 10.5 Å². The third-order valence-electron chi connectivity index (χ3n) is 16.9. The first kappa shape index (κ1) is 69.8. The summed E-state index contributed by atoms with van der Waals surface area (Å²) in [7, 11) is -3.13. The number of thiophene rings is 2. The number of nitrogen functional groups attached to an aromatic ring is 1. The summed E-state index contributed by atoms with van der Waals surface area (Å²) in [6.45, 7) is 13.5. The number of nitrogens with one attached hydrogen (secondary N) is 1. The lowest BCUT2D eigenvalue weighted by atomic mass is 10.0. The van der Waals surface area contributed by atoms with Gasteiger partial charge in [-0.1, -0.05) is 86.6 Å². The SMILES string of the molecule is C.C.C[C@@H]1CN(Cc2cccs2)[C@@H](C)CN1C(=O)c1cc2c(C(=O)C(=O)N3CC[C@@H](O)C3)c[nH]c2cc1Cl.C[C@@H]1CN(Cc2cccs2)[C@@H](C)CN1C(=O)c1cc2c(C(=O)C(=O)N3CC[C@@H](O)C3)cn(N)c2cc1Cl.NOP(=O)(c1ccccc1)c1ccccc1. The van der Waals surface area contributed by atoms with E-state index in [0.717, 1.165) is 26.2 Å². The molecule has 484 valence electrons. The Labute approximate surface area is 548 Å². The Morgan fingerprint density at radius 1 is 0.593 bits per heavy atom. The topological polar surface area (TPSA) is 261 Å². The fraction of sp³-hybridized carbons (Fsp3) is 0.364. The van der Waals surface area contributed by atoms with Crippen molar-refractivity contribution in [2.24, 2.45) is 5.90 Å². The van der Waals surface area contributed by atoms with Crippen LogP contribution in [0.3, 0.4) is 0 Å². The quantitative estimate of drug-likeness (QED) is 0.0237. The maximum atomic E-state index is 13.7. The molecular weight excluding hydrogens is 1260 g/mol. The van der Waals surface area contributed by atoms with Crippen molar-refractivity contribution in [3.8, 4) is 0 Å². The lowest BCUT2D eigenvalue weighted by Crippen LogP contribution is -2.57. The zero-order valence-electron chi connectivity index (χ0n) is 49.6. The standard InChI is InChI=1S/C26H30ClN5O4S.C26H29ClN4O4S.C12H12NO2P.2CH4/c1-15-11-31(16(2)10-30(15)13-18-4-3-7-37-18)25(35)20-8-19-21(14-32(28)23(19)9-22(20)27)24(34)26(36)29-6-5-17(33)12-29;1-15-12-31(16(2)11-30(15)14-18-4-3-7-36-18)25(34)20-8-19-21(10-28-23(19)9-22(20)27)24(33)26(35)29-6-5-17(32)13-29;13-15-16(14,11-7-3-1-4-8-11)12-9-5-2-6-10-12;;/h3-4,7-9,14-17,33H,5-6,10-13,28H2,1-2H3;3-4,7-10,15-17,28,32H,5-6,11-14H2,1-2H3;1-10H,13H2;2*1H4/t2*15-,16+,17+;;;/m00.../s1. The molecule has 8 heterocycles. The number of hydrogen-bond acceptors (Lipinski definition) is 16. The Kier molecular flexibility index (Phi) is 23.1. The van der Waals surface area contributed by atoms with E-state index in [-0.39, 0.29) is 85.6 Å². The van der Waals surface area contributed by atoms with E-state index in [4.69, 9.17) is 39.6 Å². The Bertz CT molecular complexity index is 3890. The molecule has 0 spiro atoms. The minimum Gasteiger partial charge on any atom is -0.391 e. The van der Waals surface area contributed by atoms with E-state index >= 15 is 0 Å². The van der Waals surface area contributed by atoms with Gasteiger partial charge in [-0.3, -0.25) is 47.8 Å². The molecule has 7 N–H and O–H groups in total. The molecule has 0 bridgehead atoms. The van der Waals surface area contributed by atoms with Crippen molar-refractivity contribution >= 4 is 121 Å². The third-order valence-corrected chi connectivity index (χ3v) is 21.5. The summed E-state index contributed by atoms with van der Waals surface area (Å²) >= 11 is 16.5. The minimum atomic E-state index is -3.13. The number of hydrogen-bond donors (Lipinski definition) is 5. The number of nitrogens with zero attached hydrogens (tertiary/aromatic N) is 7. The zero-order chi connectivity index (χ0) is 63.4. The summed E-state index contributed by atoms with van der Waals surface area (Å²) in [6.07, 6.45) is 2.52. The monoisotopic (exact) mass is 1340 g/mol. The number of H-pyrrole nitrogens is 1. The number of fused-ring (bicyclic) bond motifs is 2. The molecule has 4 aliphatic heterocycles. The number of aliphatic hydroxyl groups is 2. The molecule has 20 nitrogen and oxygen atoms in total. The average Bonchev–Trinajstić information content (AvgIpc) is 1.72. The molecule has 4 aromatic carbocycles. The number of amides is 4. The normalized spacial score (nSPS) is 20.3. The van der Waals surface area contributed by atoms with Crippen LogP contribution in [-0.4, -0.2) is 173 Å². The average molecular weight is 1340 g/mol. The fourth-order valence-corrected chi connectivity index (χ4v) is 15.5. The zero-order valence-corrected chi connectivity index (χ0v) is 53.7. The lowest BCUT2D eigenvalue weighted by molar-refractivity contribution is -0.126. The first-order chi connectivity index (χ1) is 42.6. The van der Waals surface area contributed by atoms with Gasteiger partial charge in [0.25, 0.3) is 42.6 Å². The van der Waals surface area contributed by atoms with Crippen molar-refractivity contribution in [3.63, 3.8) is 0 Å². The number of aromatic nitrogens is 2. The Balaban J connectivity index is 0.000000187. The van der Waals surface area contributed by atoms with Crippen molar-refractivity contribution in [2.75, 3.05) is 58.2 Å². The van der Waals surface area contributed by atoms with Crippen LogP contribution in [-0.2, 0) is 31.9 Å². The van der Waals surface area contributed by atoms with Gasteiger partial charge >= 0.3 is 0 Å². The molecule has 4 fully saturated rings. The number of likely N-dealkylation sites (tertiary alicyclic amines) is 2. The third kappa shape index (κ3) is 15.2. The van der Waals surface area contributed by atoms with Gasteiger partial charge in [-0.15, -0.1) is 22.7 Å². The number of aliphatic hydroxyl groups excluding tert-OH is 2. The van der Waals surface area contributed by atoms with Crippen LogP contribution in [0.5, 0.6) is 0 Å². The smallest absolute Gasteiger partial charge is 0.295 e. The maximum absolute atomic E-state index is 13.7. The van der Waals surface area contributed by atoms with Crippen LogP contribution >= 0.6 is 53.2 Å². The van der Waals surface area contributed by atoms with E-state index < -0.39 is 43.0 Å². The van der Waals surface area contributed by atoms with E-state index in [1.807, 2.05) is 72.2 Å². The van der Waals surface area contributed by atoms with Crippen molar-refractivity contribution < 1.29 is 48.2 Å². The highest BCUT2D eigenvalue weighted by Crippen LogP contribution is 2.42. The van der Waals surface area contributed by atoms with Gasteiger partial charge in [-0.05, 0) is 112 Å². The minimum absolute atomic E-state index is 0. The molecule has 4 aliphatic rings. The number of halogens is 2. The number of Topliss-reactive ketones (excluding diaryl/α,β-unsaturated/α-hetero) is 2. The van der Waals surface area contributed by atoms with Crippen LogP contribution in [0.1, 0.15) is 107 Å². The van der Waals surface area contributed by atoms with Crippen molar-refractivity contribution in [3.05, 3.63) is 174 Å². The van der Waals surface area contributed by atoms with E-state index in [9.17, 15) is 43.5 Å². The van der Waals surface area contributed by atoms with Crippen LogP contribution < -0.4 is 22.3 Å². The summed E-state index contributed by atoms with van der Waals surface area (Å²) < 4.78 is 18.6. The summed E-state index contributed by atoms with van der Waals surface area (Å²) in [5.74, 6) is 8.13. The number of piperazine rings is 2. The highest BCUT2D eigenvalue weighted by Gasteiger charge is 2.38. The van der Waals surface area contributed by atoms with E-state index in [1.165, 1.54) is 36.6 Å². The summed E-state index contributed by atoms with van der Waals surface area (Å²) in [4.78, 5) is 95.8. The van der Waals surface area contributed by atoms with E-state index in [1.54, 1.807) is 71.2 Å². The van der Waals surface area contributed by atoms with Crippen LogP contribution in [0.25, 0.3) is 21.8 Å². The Morgan fingerprint density at radius 3 is 1.47 bits per heavy atom. The molecule has 91 heavy (non-hydrogen) atoms. The molecule has 12 rings (SSSR count). The second-order valence-corrected chi connectivity index (χ2v) is 28.3. The second-order valence-electron chi connectivity index (χ2n) is 23.1. The van der Waals surface area contributed by atoms with Gasteiger partial charge in [0.05, 0.1) is 50.0 Å². The van der Waals surface area contributed by atoms with Gasteiger partial charge in [0, 0.05) is 139 Å². The Morgan fingerprint density at radius 2 is 1.04 bits per heavy atom. The molecule has 25 heteroatoms. The largest absolute Gasteiger partial charge is 0.391 e. The molecule has 4 saturated heterocycles. The predicted octanol–water partition coefficient (Wildman–Crippen LogP) is 9.05. The Hall–Kier alpha value is -7.05. The predicted molar refractivity (Wildman–Crippen MR) is 361 cm³/mol. The van der Waals surface area contributed by atoms with Gasteiger partial charge in [0.15, 0.2) is 0 Å². The van der Waals surface area contributed by atoms with Crippen LogP contribution in [0, 0.1) is 0 Å². The molecule has 4 amide bonds. The highest BCUT2D eigenvalue weighted by molar-refractivity contribution is 7.74. The van der Waals surface area contributed by atoms with Crippen LogP contribution in [0.2, 0.25) is 10.0 Å². The first-order valence-corrected chi connectivity index (χ1v) is 33.5. The molecular formula is C66H79Cl2N10O10PS2. The lowest BCUT2D eigenvalue weighted by Gasteiger charge is -2.44. The van der Waals surface area contributed by atoms with Crippen molar-refractivity contribution in [1.29, 1.82) is 0 Å².